The van der Waals surface area contributed by atoms with E-state index in [2.05, 4.69) is 12.2 Å². The van der Waals surface area contributed by atoms with Gasteiger partial charge in [0.05, 0.1) is 11.4 Å². The molecule has 1 N–H and O–H groups in total. The van der Waals surface area contributed by atoms with E-state index in [1.807, 2.05) is 60.7 Å². The predicted molar refractivity (Wildman–Crippen MR) is 106 cm³/mol. The van der Waals surface area contributed by atoms with Gasteiger partial charge in [-0.15, -0.1) is 0 Å². The number of hydrogen-bond donors (Lipinski definition) is 1. The molecule has 3 heteroatoms. The van der Waals surface area contributed by atoms with Crippen molar-refractivity contribution in [2.24, 2.45) is 0 Å². The number of benzene rings is 2. The summed E-state index contributed by atoms with van der Waals surface area (Å²) in [7, 11) is 0. The number of anilines is 2. The van der Waals surface area contributed by atoms with Crippen molar-refractivity contribution in [3.05, 3.63) is 60.7 Å². The molecule has 0 radical (unpaired) electrons. The lowest BCUT2D eigenvalue weighted by atomic mass is 10.1. The van der Waals surface area contributed by atoms with Crippen LogP contribution in [0.25, 0.3) is 0 Å². The molecule has 25 heavy (non-hydrogen) atoms. The van der Waals surface area contributed by atoms with Crippen molar-refractivity contribution in [3.8, 4) is 0 Å². The van der Waals surface area contributed by atoms with Gasteiger partial charge in [0.1, 0.15) is 0 Å². The molecule has 0 fully saturated rings. The smallest absolute Gasteiger partial charge is 0.326 e. The first-order chi connectivity index (χ1) is 12.3. The number of carbonyl (C=O) groups is 1. The number of nitrogens with zero attached hydrogens (tertiary/aromatic N) is 1. The van der Waals surface area contributed by atoms with Crippen LogP contribution in [-0.2, 0) is 0 Å². The molecule has 0 spiro atoms. The van der Waals surface area contributed by atoms with Crippen LogP contribution in [0.5, 0.6) is 0 Å². The van der Waals surface area contributed by atoms with Crippen molar-refractivity contribution < 1.29 is 4.79 Å². The summed E-state index contributed by atoms with van der Waals surface area (Å²) < 4.78 is 0. The highest BCUT2D eigenvalue weighted by Gasteiger charge is 2.16. The molecule has 0 bridgehead atoms. The van der Waals surface area contributed by atoms with Gasteiger partial charge in [0.15, 0.2) is 0 Å². The molecule has 0 atom stereocenters. The topological polar surface area (TPSA) is 32.3 Å². The Balaban J connectivity index is 1.85. The van der Waals surface area contributed by atoms with Crippen molar-refractivity contribution in [1.82, 2.24) is 5.32 Å². The highest BCUT2D eigenvalue weighted by molar-refractivity contribution is 5.99. The summed E-state index contributed by atoms with van der Waals surface area (Å²) >= 11 is 0. The third kappa shape index (κ3) is 6.61. The molecule has 2 amide bonds. The Kier molecular flexibility index (Phi) is 8.60. The second-order valence-corrected chi connectivity index (χ2v) is 6.36. The van der Waals surface area contributed by atoms with Crippen LogP contribution in [0, 0.1) is 0 Å². The molecule has 3 nitrogen and oxygen atoms in total. The van der Waals surface area contributed by atoms with Crippen LogP contribution in [0.3, 0.4) is 0 Å². The summed E-state index contributed by atoms with van der Waals surface area (Å²) in [6.45, 7) is 2.96. The molecule has 0 heterocycles. The van der Waals surface area contributed by atoms with Crippen LogP contribution in [0.1, 0.15) is 51.9 Å². The molecule has 2 aromatic carbocycles. The Morgan fingerprint density at radius 3 is 1.76 bits per heavy atom. The van der Waals surface area contributed by atoms with Gasteiger partial charge in [0, 0.05) is 6.54 Å². The Bertz CT molecular complexity index is 558. The molecule has 0 aliphatic rings. The molecule has 2 aromatic rings. The van der Waals surface area contributed by atoms with Crippen LogP contribution in [0.15, 0.2) is 60.7 Å². The molecule has 134 valence electrons. The van der Waals surface area contributed by atoms with Gasteiger partial charge in [-0.25, -0.2) is 4.79 Å². The zero-order chi connectivity index (χ0) is 17.7. The van der Waals surface area contributed by atoms with E-state index in [1.54, 1.807) is 4.90 Å². The van der Waals surface area contributed by atoms with Crippen LogP contribution in [0.4, 0.5) is 16.2 Å². The van der Waals surface area contributed by atoms with Gasteiger partial charge in [-0.05, 0) is 30.7 Å². The standard InChI is InChI=1S/C22H30N2O/c1-2-3-4-5-6-7-14-19-23-22(25)24(20-15-10-8-11-16-20)21-17-12-9-13-18-21/h8-13,15-18H,2-7,14,19H2,1H3,(H,23,25). The lowest BCUT2D eigenvalue weighted by Crippen LogP contribution is -2.37. The quantitative estimate of drug-likeness (QED) is 0.508. The normalized spacial score (nSPS) is 10.4. The van der Waals surface area contributed by atoms with Gasteiger partial charge in [-0.1, -0.05) is 81.8 Å². The first-order valence-electron chi connectivity index (χ1n) is 9.51. The molecule has 2 rings (SSSR count). The molecular formula is C22H30N2O. The summed E-state index contributed by atoms with van der Waals surface area (Å²) in [6.07, 6.45) is 8.73. The first kappa shape index (κ1) is 19.0. The fraction of sp³-hybridized carbons (Fsp3) is 0.409. The molecular weight excluding hydrogens is 308 g/mol. The van der Waals surface area contributed by atoms with E-state index in [9.17, 15) is 4.79 Å². The third-order valence-electron chi connectivity index (χ3n) is 4.29. The van der Waals surface area contributed by atoms with E-state index in [0.717, 1.165) is 24.3 Å². The van der Waals surface area contributed by atoms with E-state index < -0.39 is 0 Å². The SMILES string of the molecule is CCCCCCCCCNC(=O)N(c1ccccc1)c1ccccc1. The fourth-order valence-corrected chi connectivity index (χ4v) is 2.89. The van der Waals surface area contributed by atoms with E-state index >= 15 is 0 Å². The van der Waals surface area contributed by atoms with Crippen molar-refractivity contribution in [2.45, 2.75) is 51.9 Å². The van der Waals surface area contributed by atoms with E-state index in [0.29, 0.717) is 0 Å². The lowest BCUT2D eigenvalue weighted by Gasteiger charge is -2.23. The summed E-state index contributed by atoms with van der Waals surface area (Å²) in [5.74, 6) is 0. The average Bonchev–Trinajstić information content (AvgIpc) is 2.66. The van der Waals surface area contributed by atoms with Gasteiger partial charge >= 0.3 is 6.03 Å². The zero-order valence-electron chi connectivity index (χ0n) is 15.3. The first-order valence-corrected chi connectivity index (χ1v) is 9.51. The summed E-state index contributed by atoms with van der Waals surface area (Å²) in [5.41, 5.74) is 1.76. The number of urea groups is 1. The van der Waals surface area contributed by atoms with Gasteiger partial charge < -0.3 is 5.32 Å². The number of rotatable bonds is 10. The number of unbranched alkanes of at least 4 members (excludes halogenated alkanes) is 6. The van der Waals surface area contributed by atoms with Gasteiger partial charge in [-0.2, -0.15) is 0 Å². The Hall–Kier alpha value is -2.29. The molecule has 0 saturated carbocycles. The maximum atomic E-state index is 12.7. The van der Waals surface area contributed by atoms with Crippen LogP contribution >= 0.6 is 0 Å². The van der Waals surface area contributed by atoms with Crippen LogP contribution < -0.4 is 10.2 Å². The second kappa shape index (κ2) is 11.3. The predicted octanol–water partition coefficient (Wildman–Crippen LogP) is 6.28. The van der Waals surface area contributed by atoms with Crippen molar-refractivity contribution >= 4 is 17.4 Å². The van der Waals surface area contributed by atoms with E-state index in [1.165, 1.54) is 38.5 Å². The minimum absolute atomic E-state index is 0.0663. The summed E-state index contributed by atoms with van der Waals surface area (Å²) in [5, 5.41) is 3.07. The average molecular weight is 338 g/mol. The van der Waals surface area contributed by atoms with Crippen molar-refractivity contribution in [3.63, 3.8) is 0 Å². The number of para-hydroxylation sites is 2. The fourth-order valence-electron chi connectivity index (χ4n) is 2.89. The number of nitrogens with one attached hydrogen (secondary N) is 1. The maximum absolute atomic E-state index is 12.7. The number of hydrogen-bond acceptors (Lipinski definition) is 1. The molecule has 0 unspecified atom stereocenters. The third-order valence-corrected chi connectivity index (χ3v) is 4.29. The lowest BCUT2D eigenvalue weighted by molar-refractivity contribution is 0.248. The Labute approximate surface area is 152 Å². The van der Waals surface area contributed by atoms with Gasteiger partial charge in [-0.3, -0.25) is 4.90 Å². The molecule has 0 saturated heterocycles. The number of carbonyl (C=O) groups excluding carboxylic acids is 1. The summed E-state index contributed by atoms with van der Waals surface area (Å²) in [6, 6.07) is 19.5. The van der Waals surface area contributed by atoms with E-state index in [-0.39, 0.29) is 6.03 Å². The van der Waals surface area contributed by atoms with Crippen LogP contribution in [0.2, 0.25) is 0 Å². The highest BCUT2D eigenvalue weighted by Crippen LogP contribution is 2.24. The van der Waals surface area contributed by atoms with Crippen LogP contribution in [-0.4, -0.2) is 12.6 Å². The van der Waals surface area contributed by atoms with Crippen molar-refractivity contribution in [2.75, 3.05) is 11.4 Å². The Morgan fingerprint density at radius 2 is 1.24 bits per heavy atom. The second-order valence-electron chi connectivity index (χ2n) is 6.36. The minimum Gasteiger partial charge on any atom is -0.337 e. The zero-order valence-corrected chi connectivity index (χ0v) is 15.3. The van der Waals surface area contributed by atoms with Crippen molar-refractivity contribution in [1.29, 1.82) is 0 Å². The Morgan fingerprint density at radius 1 is 0.760 bits per heavy atom. The van der Waals surface area contributed by atoms with Gasteiger partial charge in [0.2, 0.25) is 0 Å². The molecule has 0 aromatic heterocycles. The largest absolute Gasteiger partial charge is 0.337 e. The van der Waals surface area contributed by atoms with E-state index in [4.69, 9.17) is 0 Å². The summed E-state index contributed by atoms with van der Waals surface area (Å²) in [4.78, 5) is 14.5. The molecule has 0 aliphatic carbocycles. The minimum atomic E-state index is -0.0663. The highest BCUT2D eigenvalue weighted by atomic mass is 16.2. The monoisotopic (exact) mass is 338 g/mol. The maximum Gasteiger partial charge on any atom is 0.326 e. The van der Waals surface area contributed by atoms with Gasteiger partial charge in [0.25, 0.3) is 0 Å². The number of amides is 2. The molecule has 0 aliphatic heterocycles.